The number of amides is 2. The van der Waals surface area contributed by atoms with Gasteiger partial charge in [-0.3, -0.25) is 9.59 Å². The SMILES string of the molecule is COCCN(CC(=O)N(C)C(CN1CCCC1)c1ccc(-c2ccccc2C(N)=O)cc1)c1ccc(Cl)c(Cl)c1. The van der Waals surface area contributed by atoms with E-state index in [0.29, 0.717) is 28.8 Å². The molecule has 212 valence electrons. The van der Waals surface area contributed by atoms with Crippen molar-refractivity contribution in [3.63, 3.8) is 0 Å². The zero-order valence-electron chi connectivity index (χ0n) is 23.0. The first-order valence-electron chi connectivity index (χ1n) is 13.4. The van der Waals surface area contributed by atoms with E-state index < -0.39 is 5.91 Å². The molecule has 1 saturated heterocycles. The number of ether oxygens (including phenoxy) is 1. The second-order valence-electron chi connectivity index (χ2n) is 10.1. The summed E-state index contributed by atoms with van der Waals surface area (Å²) in [5.41, 5.74) is 9.61. The third kappa shape index (κ3) is 7.34. The monoisotopic (exact) mass is 582 g/mol. The Morgan fingerprint density at radius 1 is 1.00 bits per heavy atom. The third-order valence-corrected chi connectivity index (χ3v) is 8.19. The van der Waals surface area contributed by atoms with Gasteiger partial charge in [-0.2, -0.15) is 0 Å². The van der Waals surface area contributed by atoms with Crippen molar-refractivity contribution in [3.8, 4) is 11.1 Å². The number of primary amides is 1. The summed E-state index contributed by atoms with van der Waals surface area (Å²) in [5, 5.41) is 0.903. The highest BCUT2D eigenvalue weighted by Gasteiger charge is 2.27. The quantitative estimate of drug-likeness (QED) is 0.305. The number of carbonyl (C=O) groups excluding carboxylic acids is 2. The predicted octanol–water partition coefficient (Wildman–Crippen LogP) is 5.51. The number of halogens is 2. The molecule has 0 bridgehead atoms. The molecule has 0 spiro atoms. The van der Waals surface area contributed by atoms with Crippen LogP contribution in [0.25, 0.3) is 11.1 Å². The Labute approximate surface area is 246 Å². The minimum atomic E-state index is -0.461. The van der Waals surface area contributed by atoms with Gasteiger partial charge >= 0.3 is 0 Å². The van der Waals surface area contributed by atoms with Crippen LogP contribution < -0.4 is 10.6 Å². The summed E-state index contributed by atoms with van der Waals surface area (Å²) in [6.07, 6.45) is 2.32. The van der Waals surface area contributed by atoms with E-state index in [1.165, 1.54) is 0 Å². The molecule has 1 atom stereocenters. The molecule has 9 heteroatoms. The number of nitrogens with two attached hydrogens (primary N) is 1. The molecule has 2 N–H and O–H groups in total. The van der Waals surface area contributed by atoms with Gasteiger partial charge in [0.2, 0.25) is 11.8 Å². The Bertz CT molecular complexity index is 1310. The van der Waals surface area contributed by atoms with Crippen LogP contribution in [0.4, 0.5) is 5.69 Å². The maximum atomic E-state index is 13.8. The fraction of sp³-hybridized carbons (Fsp3) is 0.355. The minimum Gasteiger partial charge on any atom is -0.383 e. The molecule has 7 nitrogen and oxygen atoms in total. The largest absolute Gasteiger partial charge is 0.383 e. The van der Waals surface area contributed by atoms with Crippen molar-refractivity contribution in [2.24, 2.45) is 5.73 Å². The number of hydrogen-bond donors (Lipinski definition) is 1. The van der Waals surface area contributed by atoms with Crippen LogP contribution in [-0.4, -0.2) is 75.1 Å². The maximum absolute atomic E-state index is 13.8. The van der Waals surface area contributed by atoms with E-state index >= 15 is 0 Å². The van der Waals surface area contributed by atoms with E-state index in [-0.39, 0.29) is 18.5 Å². The number of hydrogen-bond acceptors (Lipinski definition) is 5. The van der Waals surface area contributed by atoms with Crippen molar-refractivity contribution in [2.75, 3.05) is 58.4 Å². The molecule has 2 amide bonds. The number of carbonyl (C=O) groups is 2. The molecule has 40 heavy (non-hydrogen) atoms. The summed E-state index contributed by atoms with van der Waals surface area (Å²) in [5.74, 6) is -0.480. The molecule has 1 unspecified atom stereocenters. The van der Waals surface area contributed by atoms with Crippen molar-refractivity contribution in [2.45, 2.75) is 18.9 Å². The van der Waals surface area contributed by atoms with E-state index in [9.17, 15) is 9.59 Å². The molecule has 0 aliphatic carbocycles. The second kappa shape index (κ2) is 14.0. The van der Waals surface area contributed by atoms with Crippen LogP contribution in [0, 0.1) is 0 Å². The number of anilines is 1. The topological polar surface area (TPSA) is 79.1 Å². The molecule has 1 aliphatic heterocycles. The van der Waals surface area contributed by atoms with Crippen LogP contribution in [-0.2, 0) is 9.53 Å². The van der Waals surface area contributed by atoms with Gasteiger partial charge in [-0.1, -0.05) is 65.7 Å². The Kier molecular flexibility index (Phi) is 10.5. The summed E-state index contributed by atoms with van der Waals surface area (Å²) in [6, 6.07) is 20.6. The van der Waals surface area contributed by atoms with E-state index in [1.54, 1.807) is 31.4 Å². The van der Waals surface area contributed by atoms with Gasteiger partial charge in [-0.15, -0.1) is 0 Å². The number of likely N-dealkylation sites (N-methyl/N-ethyl adjacent to an activating group) is 1. The van der Waals surface area contributed by atoms with Crippen LogP contribution in [0.15, 0.2) is 66.7 Å². The van der Waals surface area contributed by atoms with Crippen LogP contribution >= 0.6 is 23.2 Å². The maximum Gasteiger partial charge on any atom is 0.249 e. The lowest BCUT2D eigenvalue weighted by Gasteiger charge is -2.34. The Morgan fingerprint density at radius 3 is 2.35 bits per heavy atom. The fourth-order valence-electron chi connectivity index (χ4n) is 5.13. The van der Waals surface area contributed by atoms with Crippen molar-refractivity contribution in [1.82, 2.24) is 9.80 Å². The lowest BCUT2D eigenvalue weighted by atomic mass is 9.96. The molecular formula is C31H36Cl2N4O3. The molecule has 3 aromatic rings. The van der Waals surface area contributed by atoms with Crippen molar-refractivity contribution < 1.29 is 14.3 Å². The summed E-state index contributed by atoms with van der Waals surface area (Å²) >= 11 is 12.4. The standard InChI is InChI=1S/C31H36Cl2N4O3/c1-35(30(38)21-37(17-18-40-2)24-13-14-27(32)28(33)19-24)29(20-36-15-5-6-16-36)23-11-9-22(10-12-23)25-7-3-4-8-26(25)31(34)39/h3-4,7-14,19,29H,5-6,15-18,20-21H2,1-2H3,(H2,34,39). The van der Waals surface area contributed by atoms with Gasteiger partial charge in [0.25, 0.3) is 0 Å². The fourth-order valence-corrected chi connectivity index (χ4v) is 5.42. The first kappa shape index (κ1) is 29.9. The smallest absolute Gasteiger partial charge is 0.249 e. The van der Waals surface area contributed by atoms with Crippen LogP contribution in [0.3, 0.4) is 0 Å². The number of likely N-dealkylation sites (tertiary alicyclic amines) is 1. The van der Waals surface area contributed by atoms with Gasteiger partial charge in [0.05, 0.1) is 29.2 Å². The normalized spacial score (nSPS) is 14.2. The molecule has 0 aromatic heterocycles. The Balaban J connectivity index is 1.59. The van der Waals surface area contributed by atoms with Gasteiger partial charge in [-0.05, 0) is 66.9 Å². The summed E-state index contributed by atoms with van der Waals surface area (Å²) in [6.45, 7) is 3.93. The van der Waals surface area contributed by atoms with E-state index in [0.717, 1.165) is 54.9 Å². The van der Waals surface area contributed by atoms with E-state index in [4.69, 9.17) is 33.7 Å². The summed E-state index contributed by atoms with van der Waals surface area (Å²) in [7, 11) is 3.50. The average molecular weight is 584 g/mol. The molecule has 3 aromatic carbocycles. The van der Waals surface area contributed by atoms with Crippen molar-refractivity contribution in [1.29, 1.82) is 0 Å². The number of nitrogens with zero attached hydrogens (tertiary/aromatic N) is 3. The first-order chi connectivity index (χ1) is 19.3. The molecule has 4 rings (SSSR count). The second-order valence-corrected chi connectivity index (χ2v) is 10.9. The molecule has 1 aliphatic rings. The number of rotatable bonds is 12. The average Bonchev–Trinajstić information content (AvgIpc) is 3.48. The number of benzene rings is 3. The van der Waals surface area contributed by atoms with Gasteiger partial charge < -0.3 is 25.2 Å². The summed E-state index contributed by atoms with van der Waals surface area (Å²) < 4.78 is 5.30. The molecule has 1 fully saturated rings. The number of methoxy groups -OCH3 is 1. The highest BCUT2D eigenvalue weighted by atomic mass is 35.5. The molecule has 0 radical (unpaired) electrons. The molecular weight excluding hydrogens is 547 g/mol. The predicted molar refractivity (Wildman–Crippen MR) is 162 cm³/mol. The van der Waals surface area contributed by atoms with Gasteiger partial charge in [-0.25, -0.2) is 0 Å². The molecule has 0 saturated carbocycles. The van der Waals surface area contributed by atoms with Crippen LogP contribution in [0.1, 0.15) is 34.8 Å². The lowest BCUT2D eigenvalue weighted by Crippen LogP contribution is -2.44. The lowest BCUT2D eigenvalue weighted by molar-refractivity contribution is -0.131. The zero-order valence-corrected chi connectivity index (χ0v) is 24.5. The Hall–Kier alpha value is -3.10. The first-order valence-corrected chi connectivity index (χ1v) is 14.2. The van der Waals surface area contributed by atoms with Crippen LogP contribution in [0.2, 0.25) is 10.0 Å². The summed E-state index contributed by atoms with van der Waals surface area (Å²) in [4.78, 5) is 31.9. The van der Waals surface area contributed by atoms with Crippen molar-refractivity contribution in [3.05, 3.63) is 87.9 Å². The minimum absolute atomic E-state index is 0.0190. The zero-order chi connectivity index (χ0) is 28.6. The van der Waals surface area contributed by atoms with Gasteiger partial charge in [0.1, 0.15) is 0 Å². The van der Waals surface area contributed by atoms with E-state index in [2.05, 4.69) is 4.90 Å². The highest BCUT2D eigenvalue weighted by molar-refractivity contribution is 6.42. The highest BCUT2D eigenvalue weighted by Crippen LogP contribution is 2.30. The van der Waals surface area contributed by atoms with Crippen LogP contribution in [0.5, 0.6) is 0 Å². The molecule has 1 heterocycles. The van der Waals surface area contributed by atoms with E-state index in [1.807, 2.05) is 59.3 Å². The van der Waals surface area contributed by atoms with Gasteiger partial charge in [0.15, 0.2) is 0 Å². The third-order valence-electron chi connectivity index (χ3n) is 7.45. The van der Waals surface area contributed by atoms with Crippen molar-refractivity contribution >= 4 is 40.7 Å². The Morgan fingerprint density at radius 2 is 1.70 bits per heavy atom. The van der Waals surface area contributed by atoms with Gasteiger partial charge in [0, 0.05) is 38.5 Å².